The summed E-state index contributed by atoms with van der Waals surface area (Å²) < 4.78 is 0. The van der Waals surface area contributed by atoms with Crippen molar-refractivity contribution in [1.29, 1.82) is 0 Å². The highest BCUT2D eigenvalue weighted by Crippen LogP contribution is 2.38. The zero-order valence-corrected chi connectivity index (χ0v) is 35.4. The molecule has 2 aromatic heterocycles. The molecule has 3 aromatic carbocycles. The number of likely N-dealkylation sites (tertiary alicyclic amines) is 2. The lowest BCUT2D eigenvalue weighted by Gasteiger charge is -2.37. The topological polar surface area (TPSA) is 104 Å². The van der Waals surface area contributed by atoms with Gasteiger partial charge in [-0.3, -0.25) is 14.5 Å². The van der Waals surface area contributed by atoms with E-state index >= 15 is 0 Å². The van der Waals surface area contributed by atoms with E-state index in [1.54, 1.807) is 0 Å². The molecule has 2 amide bonds. The van der Waals surface area contributed by atoms with E-state index in [-0.39, 0.29) is 30.0 Å². The molecule has 10 heteroatoms. The molecule has 3 aliphatic rings. The van der Waals surface area contributed by atoms with Crippen molar-refractivity contribution in [2.45, 2.75) is 103 Å². The molecule has 4 heterocycles. The van der Waals surface area contributed by atoms with Gasteiger partial charge < -0.3 is 24.7 Å². The maximum Gasteiger partial charge on any atom is 0.245 e. The number of aromatic amines is 2. The predicted molar refractivity (Wildman–Crippen MR) is 235 cm³/mol. The van der Waals surface area contributed by atoms with E-state index in [1.165, 1.54) is 0 Å². The Labute approximate surface area is 350 Å². The summed E-state index contributed by atoms with van der Waals surface area (Å²) in [5.74, 6) is 2.34. The highest BCUT2D eigenvalue weighted by atomic mass is 16.2. The molecule has 8 rings (SSSR count). The Hall–Kier alpha value is -5.06. The van der Waals surface area contributed by atoms with Gasteiger partial charge in [0.15, 0.2) is 0 Å². The first-order valence-corrected chi connectivity index (χ1v) is 22.4. The summed E-state index contributed by atoms with van der Waals surface area (Å²) in [6, 6.07) is 27.6. The molecule has 0 spiro atoms. The van der Waals surface area contributed by atoms with Crippen LogP contribution in [0.25, 0.3) is 33.6 Å². The zero-order valence-electron chi connectivity index (χ0n) is 35.4. The summed E-state index contributed by atoms with van der Waals surface area (Å²) in [6.07, 6.45) is 11.8. The number of benzene rings is 3. The lowest BCUT2D eigenvalue weighted by Crippen LogP contribution is -2.43. The number of aromatic nitrogens is 4. The van der Waals surface area contributed by atoms with Gasteiger partial charge in [-0.1, -0.05) is 107 Å². The molecule has 2 saturated heterocycles. The molecular weight excluding hydrogens is 733 g/mol. The number of amides is 2. The molecule has 2 N–H and O–H groups in total. The summed E-state index contributed by atoms with van der Waals surface area (Å²) in [5, 5.41) is 0. The third-order valence-corrected chi connectivity index (χ3v) is 13.5. The molecule has 3 atom stereocenters. The molecule has 1 saturated carbocycles. The first-order chi connectivity index (χ1) is 28.9. The number of likely N-dealkylation sites (N-methyl/N-ethyl adjacent to an activating group) is 1. The minimum atomic E-state index is -0.308. The molecule has 1 aliphatic carbocycles. The monoisotopic (exact) mass is 794 g/mol. The Morgan fingerprint density at radius 1 is 0.627 bits per heavy atom. The lowest BCUT2D eigenvalue weighted by atomic mass is 9.84. The van der Waals surface area contributed by atoms with Crippen molar-refractivity contribution in [3.63, 3.8) is 0 Å². The number of hydrogen-bond donors (Lipinski definition) is 2. The van der Waals surface area contributed by atoms with Gasteiger partial charge in [-0.25, -0.2) is 9.97 Å². The second kappa shape index (κ2) is 18.5. The first-order valence-electron chi connectivity index (χ1n) is 22.4. The molecule has 10 nitrogen and oxygen atoms in total. The molecule has 0 radical (unpaired) electrons. The first kappa shape index (κ1) is 40.7. The van der Waals surface area contributed by atoms with Crippen molar-refractivity contribution < 1.29 is 9.59 Å². The summed E-state index contributed by atoms with van der Waals surface area (Å²) in [7, 11) is 0. The number of H-pyrrole nitrogens is 2. The van der Waals surface area contributed by atoms with E-state index in [0.717, 1.165) is 141 Å². The molecule has 0 bridgehead atoms. The van der Waals surface area contributed by atoms with Crippen LogP contribution in [-0.4, -0.2) is 96.7 Å². The summed E-state index contributed by atoms with van der Waals surface area (Å²) in [4.78, 5) is 53.8. The number of hydrogen-bond acceptors (Lipinski definition) is 6. The Morgan fingerprint density at radius 2 is 1.12 bits per heavy atom. The van der Waals surface area contributed by atoms with E-state index < -0.39 is 0 Å². The molecule has 0 unspecified atom stereocenters. The fourth-order valence-electron chi connectivity index (χ4n) is 10.2. The van der Waals surface area contributed by atoms with E-state index in [1.807, 2.05) is 35.5 Å². The molecule has 3 fully saturated rings. The van der Waals surface area contributed by atoms with Gasteiger partial charge in [0.1, 0.15) is 17.7 Å². The zero-order chi connectivity index (χ0) is 40.9. The minimum absolute atomic E-state index is 0.0182. The number of rotatable bonds is 14. The molecule has 5 aromatic rings. The Balaban J connectivity index is 0.900. The molecule has 59 heavy (non-hydrogen) atoms. The van der Waals surface area contributed by atoms with Crippen LogP contribution in [0.3, 0.4) is 0 Å². The van der Waals surface area contributed by atoms with Crippen LogP contribution in [0, 0.1) is 5.92 Å². The van der Waals surface area contributed by atoms with Crippen LogP contribution in [0.5, 0.6) is 0 Å². The Morgan fingerprint density at radius 3 is 1.63 bits per heavy atom. The van der Waals surface area contributed by atoms with Crippen molar-refractivity contribution in [3.05, 3.63) is 108 Å². The maximum absolute atomic E-state index is 14.2. The quantitative estimate of drug-likeness (QED) is 0.116. The van der Waals surface area contributed by atoms with Gasteiger partial charge in [-0.15, -0.1) is 0 Å². The average molecular weight is 795 g/mol. The van der Waals surface area contributed by atoms with E-state index in [0.29, 0.717) is 11.9 Å². The largest absolute Gasteiger partial charge is 0.340 e. The fraction of sp³-hybridized carbons (Fsp3) is 0.469. The van der Waals surface area contributed by atoms with Crippen molar-refractivity contribution in [3.8, 4) is 33.6 Å². The third-order valence-electron chi connectivity index (χ3n) is 13.5. The van der Waals surface area contributed by atoms with Crippen LogP contribution >= 0.6 is 0 Å². The second-order valence-corrected chi connectivity index (χ2v) is 16.7. The highest BCUT2D eigenvalue weighted by Gasteiger charge is 2.39. The van der Waals surface area contributed by atoms with Gasteiger partial charge in [0, 0.05) is 25.0 Å². The lowest BCUT2D eigenvalue weighted by molar-refractivity contribution is -0.139. The van der Waals surface area contributed by atoms with Crippen LogP contribution in [0.2, 0.25) is 0 Å². The van der Waals surface area contributed by atoms with Crippen molar-refractivity contribution in [2.24, 2.45) is 5.92 Å². The number of carbonyl (C=O) groups is 2. The van der Waals surface area contributed by atoms with E-state index in [9.17, 15) is 9.59 Å². The van der Waals surface area contributed by atoms with Gasteiger partial charge in [-0.2, -0.15) is 0 Å². The number of nitrogens with zero attached hydrogens (tertiary/aromatic N) is 6. The van der Waals surface area contributed by atoms with Gasteiger partial charge in [0.25, 0.3) is 0 Å². The minimum Gasteiger partial charge on any atom is -0.340 e. The van der Waals surface area contributed by atoms with Crippen LogP contribution in [0.1, 0.15) is 114 Å². The Bertz CT molecular complexity index is 2130. The van der Waals surface area contributed by atoms with Crippen LogP contribution < -0.4 is 0 Å². The average Bonchev–Trinajstić information content (AvgIpc) is 4.14. The number of carbonyl (C=O) groups excluding carboxylic acids is 2. The smallest absolute Gasteiger partial charge is 0.245 e. The molecular formula is C49H62N8O2. The van der Waals surface area contributed by atoms with Crippen LogP contribution in [-0.2, 0) is 9.59 Å². The van der Waals surface area contributed by atoms with Gasteiger partial charge in [-0.05, 0) is 105 Å². The van der Waals surface area contributed by atoms with Crippen LogP contribution in [0.15, 0.2) is 91.3 Å². The maximum atomic E-state index is 14.2. The Kier molecular flexibility index (Phi) is 12.7. The molecule has 310 valence electrons. The van der Waals surface area contributed by atoms with Crippen LogP contribution in [0.4, 0.5) is 0 Å². The summed E-state index contributed by atoms with van der Waals surface area (Å²) in [5.41, 5.74) is 7.36. The normalized spacial score (nSPS) is 21.5. The van der Waals surface area contributed by atoms with Crippen molar-refractivity contribution in [2.75, 3.05) is 39.3 Å². The second-order valence-electron chi connectivity index (χ2n) is 16.7. The van der Waals surface area contributed by atoms with Gasteiger partial charge >= 0.3 is 0 Å². The number of nitrogens with one attached hydrogen (secondary N) is 2. The predicted octanol–water partition coefficient (Wildman–Crippen LogP) is 9.44. The third kappa shape index (κ3) is 8.53. The SMILES string of the molecule is CCN(CC)[C@@H](C(=O)N1CCC[C@H]1c1ncc(-c2ccc(-c3ccc(-c4cnc([C@@H]5CCCN5C(=O)[C@H]5CC[C@@H](N(CC)CC)CC5)[nH]4)cc3)cc2)[nH]1)c1ccccc1. The van der Waals surface area contributed by atoms with Gasteiger partial charge in [0.05, 0.1) is 35.9 Å². The van der Waals surface area contributed by atoms with Crippen molar-refractivity contribution in [1.82, 2.24) is 39.5 Å². The summed E-state index contributed by atoms with van der Waals surface area (Å²) >= 11 is 0. The molecule has 2 aliphatic heterocycles. The fourth-order valence-corrected chi connectivity index (χ4v) is 10.2. The van der Waals surface area contributed by atoms with E-state index in [2.05, 4.69) is 113 Å². The standard InChI is InChI=1S/C49H62N8O2/c1-5-54(6-2)40-28-26-39(27-29-40)48(58)56-30-12-16-43(56)46-50-32-41(52-46)36-22-18-34(19-23-36)35-20-24-37(25-21-35)42-33-51-47(53-42)44-17-13-31-57(44)49(59)45(55(7-3)8-4)38-14-10-9-11-15-38/h9-11,14-15,18-25,32-33,39-40,43-45H,5-8,12-13,16-17,26-31H2,1-4H3,(H,50,52)(H,51,53)/t39-,40+,43-,44-,45+/m0/s1. The summed E-state index contributed by atoms with van der Waals surface area (Å²) in [6.45, 7) is 14.0. The number of imidazole rings is 2. The highest BCUT2D eigenvalue weighted by molar-refractivity contribution is 5.84. The van der Waals surface area contributed by atoms with Gasteiger partial charge in [0.2, 0.25) is 11.8 Å². The van der Waals surface area contributed by atoms with Crippen molar-refractivity contribution >= 4 is 11.8 Å². The van der Waals surface area contributed by atoms with E-state index in [4.69, 9.17) is 9.97 Å².